The van der Waals surface area contributed by atoms with Crippen LogP contribution in [0.3, 0.4) is 0 Å². The van der Waals surface area contributed by atoms with E-state index in [1.165, 1.54) is 28.4 Å². The molecule has 1 aromatic heterocycles. The third kappa shape index (κ3) is 4.68. The third-order valence-corrected chi connectivity index (χ3v) is 7.38. The highest BCUT2D eigenvalue weighted by molar-refractivity contribution is 7.14. The molecular formula is C28H28N2O5S. The van der Waals surface area contributed by atoms with Crippen molar-refractivity contribution in [3.8, 4) is 0 Å². The van der Waals surface area contributed by atoms with Crippen molar-refractivity contribution in [1.29, 1.82) is 0 Å². The number of amides is 1. The molecule has 36 heavy (non-hydrogen) atoms. The van der Waals surface area contributed by atoms with Crippen LogP contribution in [0.4, 0.5) is 0 Å². The highest BCUT2D eigenvalue weighted by Crippen LogP contribution is 2.41. The summed E-state index contributed by atoms with van der Waals surface area (Å²) in [5, 5.41) is 20.9. The van der Waals surface area contributed by atoms with E-state index in [9.17, 15) is 24.6 Å². The minimum Gasteiger partial charge on any atom is -0.503 e. The number of carbonyl (C=O) groups is 3. The van der Waals surface area contributed by atoms with E-state index in [0.29, 0.717) is 21.7 Å². The molecule has 186 valence electrons. The predicted molar refractivity (Wildman–Crippen MR) is 137 cm³/mol. The first-order valence-corrected chi connectivity index (χ1v) is 12.4. The van der Waals surface area contributed by atoms with Gasteiger partial charge in [-0.2, -0.15) is 0 Å². The molecule has 7 nitrogen and oxygen atoms in total. The van der Waals surface area contributed by atoms with Gasteiger partial charge in [-0.1, -0.05) is 57.2 Å². The summed E-state index contributed by atoms with van der Waals surface area (Å²) in [6, 6.07) is 13.1. The molecule has 1 atom stereocenters. The molecule has 2 heterocycles. The SMILES string of the molecule is Cc1nc(C)c(C(=O)C2=C(O)C(=O)N(Cc3ccc(C(=O)O)cc3)C2c2ccc(C(C)(C)C)cc2)s1. The van der Waals surface area contributed by atoms with Gasteiger partial charge in [0.15, 0.2) is 5.76 Å². The van der Waals surface area contributed by atoms with Gasteiger partial charge in [0, 0.05) is 6.54 Å². The lowest BCUT2D eigenvalue weighted by molar-refractivity contribution is -0.130. The van der Waals surface area contributed by atoms with Crippen molar-refractivity contribution in [3.63, 3.8) is 0 Å². The molecule has 0 saturated carbocycles. The second-order valence-corrected chi connectivity index (χ2v) is 11.2. The van der Waals surface area contributed by atoms with Crippen LogP contribution >= 0.6 is 11.3 Å². The Morgan fingerprint density at radius 2 is 1.64 bits per heavy atom. The fraction of sp³-hybridized carbons (Fsp3) is 0.286. The zero-order valence-corrected chi connectivity index (χ0v) is 21.6. The second-order valence-electron chi connectivity index (χ2n) is 9.95. The standard InChI is InChI=1S/C28H28N2O5S/c1-15-25(36-16(2)29-15)23(31)21-22(18-10-12-20(13-11-18)28(3,4)5)30(26(33)24(21)32)14-17-6-8-19(9-7-17)27(34)35/h6-13,22,32H,14H2,1-5H3,(H,34,35). The van der Waals surface area contributed by atoms with Gasteiger partial charge in [0.1, 0.15) is 0 Å². The van der Waals surface area contributed by atoms with Gasteiger partial charge < -0.3 is 15.1 Å². The zero-order valence-electron chi connectivity index (χ0n) is 20.8. The molecule has 0 radical (unpaired) electrons. The van der Waals surface area contributed by atoms with E-state index in [2.05, 4.69) is 25.8 Å². The average molecular weight is 505 g/mol. The number of Topliss-reactive ketones (excluding diaryl/α,β-unsaturated/α-hetero) is 1. The van der Waals surface area contributed by atoms with Crippen LogP contribution in [0.25, 0.3) is 0 Å². The molecule has 0 spiro atoms. The molecule has 8 heteroatoms. The monoisotopic (exact) mass is 504 g/mol. The number of hydrogen-bond donors (Lipinski definition) is 2. The van der Waals surface area contributed by atoms with Crippen LogP contribution < -0.4 is 0 Å². The van der Waals surface area contributed by atoms with Crippen LogP contribution in [-0.2, 0) is 16.8 Å². The zero-order chi connectivity index (χ0) is 26.4. The number of carbonyl (C=O) groups excluding carboxylic acids is 2. The van der Waals surface area contributed by atoms with Gasteiger partial charge in [0.05, 0.1) is 32.8 Å². The van der Waals surface area contributed by atoms with Crippen molar-refractivity contribution in [2.75, 3.05) is 0 Å². The number of aromatic carboxylic acids is 1. The smallest absolute Gasteiger partial charge is 0.335 e. The van der Waals surface area contributed by atoms with Gasteiger partial charge >= 0.3 is 5.97 Å². The Kier molecular flexibility index (Phi) is 6.58. The Labute approximate surface area is 213 Å². The molecule has 0 fully saturated rings. The van der Waals surface area contributed by atoms with E-state index in [0.717, 1.165) is 10.6 Å². The van der Waals surface area contributed by atoms with Gasteiger partial charge in [-0.3, -0.25) is 9.59 Å². The van der Waals surface area contributed by atoms with Crippen molar-refractivity contribution in [2.45, 2.75) is 52.6 Å². The summed E-state index contributed by atoms with van der Waals surface area (Å²) < 4.78 is 0. The van der Waals surface area contributed by atoms with Crippen LogP contribution in [0.5, 0.6) is 0 Å². The van der Waals surface area contributed by atoms with E-state index in [-0.39, 0.29) is 23.1 Å². The van der Waals surface area contributed by atoms with E-state index in [1.807, 2.05) is 24.3 Å². The lowest BCUT2D eigenvalue weighted by atomic mass is 9.85. The summed E-state index contributed by atoms with van der Waals surface area (Å²) in [6.07, 6.45) is 0. The van der Waals surface area contributed by atoms with Gasteiger partial charge in [-0.15, -0.1) is 11.3 Å². The molecule has 0 aliphatic carbocycles. The number of aliphatic hydroxyl groups is 1. The fourth-order valence-corrected chi connectivity index (χ4v) is 5.25. The summed E-state index contributed by atoms with van der Waals surface area (Å²) in [6.45, 7) is 9.93. The highest BCUT2D eigenvalue weighted by atomic mass is 32.1. The first-order valence-electron chi connectivity index (χ1n) is 11.5. The summed E-state index contributed by atoms with van der Waals surface area (Å²) in [7, 11) is 0. The Bertz CT molecular complexity index is 1380. The molecule has 0 saturated heterocycles. The molecule has 0 bridgehead atoms. The van der Waals surface area contributed by atoms with Crippen molar-refractivity contribution in [2.24, 2.45) is 0 Å². The van der Waals surface area contributed by atoms with Crippen LogP contribution in [0.2, 0.25) is 0 Å². The summed E-state index contributed by atoms with van der Waals surface area (Å²) in [4.78, 5) is 44.4. The Morgan fingerprint density at radius 3 is 2.14 bits per heavy atom. The number of aryl methyl sites for hydroxylation is 2. The fourth-order valence-electron chi connectivity index (χ4n) is 4.37. The highest BCUT2D eigenvalue weighted by Gasteiger charge is 2.44. The van der Waals surface area contributed by atoms with Crippen LogP contribution in [-0.4, -0.2) is 37.8 Å². The van der Waals surface area contributed by atoms with Crippen molar-refractivity contribution in [1.82, 2.24) is 9.88 Å². The predicted octanol–water partition coefficient (Wildman–Crippen LogP) is 5.53. The minimum absolute atomic E-state index is 0.0254. The molecule has 2 aromatic carbocycles. The molecular weight excluding hydrogens is 476 g/mol. The molecule has 1 aliphatic heterocycles. The van der Waals surface area contributed by atoms with Gasteiger partial charge in [0.2, 0.25) is 5.78 Å². The van der Waals surface area contributed by atoms with E-state index < -0.39 is 29.5 Å². The number of nitrogens with zero attached hydrogens (tertiary/aromatic N) is 2. The summed E-state index contributed by atoms with van der Waals surface area (Å²) >= 11 is 1.23. The Hall–Kier alpha value is -3.78. The first-order chi connectivity index (χ1) is 16.9. The van der Waals surface area contributed by atoms with Crippen molar-refractivity contribution < 1.29 is 24.6 Å². The average Bonchev–Trinajstić information content (AvgIpc) is 3.29. The lowest BCUT2D eigenvalue weighted by Gasteiger charge is -2.28. The number of rotatable bonds is 6. The third-order valence-electron chi connectivity index (χ3n) is 6.30. The van der Waals surface area contributed by atoms with E-state index in [1.54, 1.807) is 26.0 Å². The van der Waals surface area contributed by atoms with E-state index in [4.69, 9.17) is 0 Å². The van der Waals surface area contributed by atoms with Gasteiger partial charge in [-0.05, 0) is 48.1 Å². The number of aliphatic hydroxyl groups excluding tert-OH is 1. The summed E-state index contributed by atoms with van der Waals surface area (Å²) in [5.74, 6) is -2.68. The quantitative estimate of drug-likeness (QED) is 0.427. The number of carboxylic acids is 1. The van der Waals surface area contributed by atoms with Crippen LogP contribution in [0, 0.1) is 13.8 Å². The number of benzene rings is 2. The number of thiazole rings is 1. The molecule has 1 aliphatic rings. The molecule has 4 rings (SSSR count). The Morgan fingerprint density at radius 1 is 1.03 bits per heavy atom. The normalized spacial score (nSPS) is 16.1. The minimum atomic E-state index is -1.04. The molecule has 2 N–H and O–H groups in total. The van der Waals surface area contributed by atoms with Crippen LogP contribution in [0.1, 0.15) is 74.2 Å². The number of ketones is 1. The van der Waals surface area contributed by atoms with Gasteiger partial charge in [-0.25, -0.2) is 9.78 Å². The van der Waals surface area contributed by atoms with Crippen molar-refractivity contribution >= 4 is 29.0 Å². The molecule has 1 unspecified atom stereocenters. The maximum Gasteiger partial charge on any atom is 0.335 e. The van der Waals surface area contributed by atoms with E-state index >= 15 is 0 Å². The number of carboxylic acid groups (broad SMARTS) is 1. The maximum absolute atomic E-state index is 13.7. The largest absolute Gasteiger partial charge is 0.503 e. The number of hydrogen-bond acceptors (Lipinski definition) is 6. The Balaban J connectivity index is 1.79. The maximum atomic E-state index is 13.7. The molecule has 3 aromatic rings. The lowest BCUT2D eigenvalue weighted by Crippen LogP contribution is -2.30. The summed E-state index contributed by atoms with van der Waals surface area (Å²) in [5.41, 5.74) is 3.11. The van der Waals surface area contributed by atoms with Gasteiger partial charge in [0.25, 0.3) is 5.91 Å². The van der Waals surface area contributed by atoms with Crippen LogP contribution in [0.15, 0.2) is 59.9 Å². The topological polar surface area (TPSA) is 108 Å². The first kappa shape index (κ1) is 25.3. The molecule has 1 amide bonds. The van der Waals surface area contributed by atoms with Crippen molar-refractivity contribution in [3.05, 3.63) is 97.7 Å². The second kappa shape index (κ2) is 9.35. The number of aromatic nitrogens is 1.